The van der Waals surface area contributed by atoms with Crippen molar-refractivity contribution in [3.8, 4) is 0 Å². The van der Waals surface area contributed by atoms with Crippen molar-refractivity contribution in [2.45, 2.75) is 51.3 Å². The lowest BCUT2D eigenvalue weighted by Gasteiger charge is -2.11. The van der Waals surface area contributed by atoms with E-state index in [1.54, 1.807) is 7.11 Å². The van der Waals surface area contributed by atoms with Crippen molar-refractivity contribution in [2.24, 2.45) is 0 Å². The fraction of sp³-hybridized carbons (Fsp3) is 0.769. The smallest absolute Gasteiger partial charge is 0.0952 e. The molecule has 0 bridgehead atoms. The molecule has 0 aliphatic heterocycles. The summed E-state index contributed by atoms with van der Waals surface area (Å²) in [5.74, 6) is 0. The number of hydrogen-bond acceptors (Lipinski definition) is 3. The first-order valence-corrected chi connectivity index (χ1v) is 6.59. The molecule has 0 amide bonds. The molecule has 0 radical (unpaired) electrons. The first kappa shape index (κ1) is 12.6. The number of imidazole rings is 1. The molecule has 1 aliphatic carbocycles. The maximum atomic E-state index is 5.40. The molecule has 4 heteroatoms. The molecule has 0 spiro atoms. The molecule has 1 heterocycles. The third-order valence-corrected chi connectivity index (χ3v) is 3.50. The fourth-order valence-electron chi connectivity index (χ4n) is 2.47. The van der Waals surface area contributed by atoms with Crippen LogP contribution in [0.4, 0.5) is 0 Å². The van der Waals surface area contributed by atoms with Crippen molar-refractivity contribution in [1.29, 1.82) is 0 Å². The van der Waals surface area contributed by atoms with Gasteiger partial charge in [-0.2, -0.15) is 0 Å². The van der Waals surface area contributed by atoms with E-state index in [9.17, 15) is 0 Å². The number of aromatic nitrogens is 2. The Balaban J connectivity index is 1.85. The SMILES string of the molecule is CCCNCc1cn(C2CCC(OC)C2)cn1. The van der Waals surface area contributed by atoms with Crippen molar-refractivity contribution in [1.82, 2.24) is 14.9 Å². The highest BCUT2D eigenvalue weighted by Gasteiger charge is 2.25. The summed E-state index contributed by atoms with van der Waals surface area (Å²) in [6.45, 7) is 4.11. The highest BCUT2D eigenvalue weighted by atomic mass is 16.5. The van der Waals surface area contributed by atoms with E-state index in [1.807, 2.05) is 6.33 Å². The molecule has 2 rings (SSSR count). The molecule has 2 atom stereocenters. The van der Waals surface area contributed by atoms with Crippen LogP contribution in [0.2, 0.25) is 0 Å². The lowest BCUT2D eigenvalue weighted by molar-refractivity contribution is 0.106. The van der Waals surface area contributed by atoms with Crippen LogP contribution in [-0.4, -0.2) is 29.3 Å². The minimum atomic E-state index is 0.434. The third-order valence-electron chi connectivity index (χ3n) is 3.50. The Morgan fingerprint density at radius 2 is 2.41 bits per heavy atom. The van der Waals surface area contributed by atoms with Gasteiger partial charge in [0.25, 0.3) is 0 Å². The maximum Gasteiger partial charge on any atom is 0.0952 e. The van der Waals surface area contributed by atoms with E-state index in [1.165, 1.54) is 19.3 Å². The molecule has 2 unspecified atom stereocenters. The number of hydrogen-bond donors (Lipinski definition) is 1. The lowest BCUT2D eigenvalue weighted by Crippen LogP contribution is -2.14. The average molecular weight is 237 g/mol. The highest BCUT2D eigenvalue weighted by Crippen LogP contribution is 2.31. The Morgan fingerprint density at radius 3 is 3.12 bits per heavy atom. The summed E-state index contributed by atoms with van der Waals surface area (Å²) in [6, 6.07) is 0.576. The fourth-order valence-corrected chi connectivity index (χ4v) is 2.47. The van der Waals surface area contributed by atoms with Crippen LogP contribution in [0.1, 0.15) is 44.3 Å². The molecule has 1 aromatic rings. The van der Waals surface area contributed by atoms with Crippen LogP contribution in [0, 0.1) is 0 Å². The van der Waals surface area contributed by atoms with Gasteiger partial charge in [-0.1, -0.05) is 6.92 Å². The molecule has 1 aromatic heterocycles. The van der Waals surface area contributed by atoms with Crippen molar-refractivity contribution >= 4 is 0 Å². The Morgan fingerprint density at radius 1 is 1.53 bits per heavy atom. The molecular weight excluding hydrogens is 214 g/mol. The second-order valence-electron chi connectivity index (χ2n) is 4.81. The molecule has 4 nitrogen and oxygen atoms in total. The van der Waals surface area contributed by atoms with Gasteiger partial charge < -0.3 is 14.6 Å². The number of ether oxygens (including phenoxy) is 1. The summed E-state index contributed by atoms with van der Waals surface area (Å²) in [4.78, 5) is 4.44. The van der Waals surface area contributed by atoms with Gasteiger partial charge in [-0.05, 0) is 32.2 Å². The molecule has 1 aliphatic rings. The van der Waals surface area contributed by atoms with Gasteiger partial charge in [0.1, 0.15) is 0 Å². The van der Waals surface area contributed by atoms with Gasteiger partial charge >= 0.3 is 0 Å². The van der Waals surface area contributed by atoms with Gasteiger partial charge in [-0.25, -0.2) is 4.98 Å². The molecule has 1 N–H and O–H groups in total. The minimum Gasteiger partial charge on any atom is -0.381 e. The summed E-state index contributed by atoms with van der Waals surface area (Å²) < 4.78 is 7.65. The molecule has 17 heavy (non-hydrogen) atoms. The van der Waals surface area contributed by atoms with Gasteiger partial charge in [0, 0.05) is 25.9 Å². The largest absolute Gasteiger partial charge is 0.381 e. The lowest BCUT2D eigenvalue weighted by atomic mass is 10.2. The van der Waals surface area contributed by atoms with Crippen molar-refractivity contribution in [3.05, 3.63) is 18.2 Å². The van der Waals surface area contributed by atoms with Gasteiger partial charge in [0.05, 0.1) is 18.1 Å². The number of methoxy groups -OCH3 is 1. The molecule has 1 saturated carbocycles. The van der Waals surface area contributed by atoms with Crippen LogP contribution in [0.5, 0.6) is 0 Å². The second kappa shape index (κ2) is 6.17. The molecule has 1 fully saturated rings. The monoisotopic (exact) mass is 237 g/mol. The van der Waals surface area contributed by atoms with E-state index in [0.717, 1.165) is 25.2 Å². The summed E-state index contributed by atoms with van der Waals surface area (Å²) in [7, 11) is 1.81. The van der Waals surface area contributed by atoms with E-state index in [4.69, 9.17) is 4.74 Å². The number of rotatable bonds is 6. The summed E-state index contributed by atoms with van der Waals surface area (Å²) in [6.07, 6.45) is 9.23. The van der Waals surface area contributed by atoms with Gasteiger partial charge in [0.2, 0.25) is 0 Å². The van der Waals surface area contributed by atoms with Crippen LogP contribution in [0.25, 0.3) is 0 Å². The molecule has 0 saturated heterocycles. The maximum absolute atomic E-state index is 5.40. The van der Waals surface area contributed by atoms with Gasteiger partial charge in [-0.15, -0.1) is 0 Å². The van der Waals surface area contributed by atoms with Crippen LogP contribution >= 0.6 is 0 Å². The predicted octanol–water partition coefficient (Wildman–Crippen LogP) is 2.12. The number of nitrogens with one attached hydrogen (secondary N) is 1. The Labute approximate surface area is 103 Å². The van der Waals surface area contributed by atoms with E-state index >= 15 is 0 Å². The number of nitrogens with zero attached hydrogens (tertiary/aromatic N) is 2. The molecular formula is C13H23N3O. The zero-order valence-electron chi connectivity index (χ0n) is 10.9. The van der Waals surface area contributed by atoms with Gasteiger partial charge in [-0.3, -0.25) is 0 Å². The average Bonchev–Trinajstić information content (AvgIpc) is 2.97. The van der Waals surface area contributed by atoms with Crippen LogP contribution < -0.4 is 5.32 Å². The molecule has 96 valence electrons. The normalized spacial score (nSPS) is 24.4. The topological polar surface area (TPSA) is 39.1 Å². The van der Waals surface area contributed by atoms with E-state index in [2.05, 4.69) is 28.0 Å². The van der Waals surface area contributed by atoms with E-state index < -0.39 is 0 Å². The quantitative estimate of drug-likeness (QED) is 0.770. The Bertz CT molecular complexity index is 337. The van der Waals surface area contributed by atoms with Gasteiger partial charge in [0.15, 0.2) is 0 Å². The predicted molar refractivity (Wildman–Crippen MR) is 67.9 cm³/mol. The van der Waals surface area contributed by atoms with E-state index in [-0.39, 0.29) is 0 Å². The van der Waals surface area contributed by atoms with Crippen LogP contribution in [0.3, 0.4) is 0 Å². The zero-order chi connectivity index (χ0) is 12.1. The second-order valence-corrected chi connectivity index (χ2v) is 4.81. The third kappa shape index (κ3) is 3.30. The highest BCUT2D eigenvalue weighted by molar-refractivity contribution is 4.99. The van der Waals surface area contributed by atoms with E-state index in [0.29, 0.717) is 12.1 Å². The first-order valence-electron chi connectivity index (χ1n) is 6.59. The van der Waals surface area contributed by atoms with Crippen molar-refractivity contribution < 1.29 is 4.74 Å². The Kier molecular flexibility index (Phi) is 4.57. The summed E-state index contributed by atoms with van der Waals surface area (Å²) in [5.41, 5.74) is 1.14. The van der Waals surface area contributed by atoms with Crippen LogP contribution in [0.15, 0.2) is 12.5 Å². The van der Waals surface area contributed by atoms with Crippen molar-refractivity contribution in [3.63, 3.8) is 0 Å². The summed E-state index contributed by atoms with van der Waals surface area (Å²) in [5, 5.41) is 3.37. The van der Waals surface area contributed by atoms with Crippen molar-refractivity contribution in [2.75, 3.05) is 13.7 Å². The standard InChI is InChI=1S/C13H23N3O/c1-3-6-14-8-11-9-16(10-15-11)12-4-5-13(7-12)17-2/h9-10,12-14H,3-8H2,1-2H3. The molecule has 0 aromatic carbocycles. The minimum absolute atomic E-state index is 0.434. The van der Waals surface area contributed by atoms with Crippen LogP contribution in [-0.2, 0) is 11.3 Å². The summed E-state index contributed by atoms with van der Waals surface area (Å²) >= 11 is 0. The Hall–Kier alpha value is -0.870. The first-order chi connectivity index (χ1) is 8.33. The zero-order valence-corrected chi connectivity index (χ0v) is 10.9.